The first kappa shape index (κ1) is 30.5. The molecule has 0 spiro atoms. The molecule has 0 saturated carbocycles. The maximum atomic E-state index is 14.4. The number of hydrogen-bond acceptors (Lipinski definition) is 6. The molecule has 0 aliphatic carbocycles. The van der Waals surface area contributed by atoms with Gasteiger partial charge in [0.25, 0.3) is 5.91 Å². The SMILES string of the molecule is O=C(NNCc1cccc2ccccc12)[C@@]1(Cc2ccccc2)N=C(c2ccc(OCCCO)cc2)O[C@H]1c1ccc(Br)cc1. The van der Waals surface area contributed by atoms with Crippen LogP contribution in [0.3, 0.4) is 0 Å². The van der Waals surface area contributed by atoms with Crippen molar-refractivity contribution >= 4 is 38.5 Å². The van der Waals surface area contributed by atoms with Gasteiger partial charge in [-0.1, -0.05) is 101 Å². The number of ether oxygens (including phenoxy) is 2. The first-order chi connectivity index (χ1) is 22.1. The number of aliphatic hydroxyl groups excluding tert-OH is 1. The Morgan fingerprint density at radius 3 is 2.40 bits per heavy atom. The highest BCUT2D eigenvalue weighted by molar-refractivity contribution is 9.10. The molecule has 2 atom stereocenters. The predicted molar refractivity (Wildman–Crippen MR) is 180 cm³/mol. The summed E-state index contributed by atoms with van der Waals surface area (Å²) in [6.07, 6.45) is 0.181. The van der Waals surface area contributed by atoms with Gasteiger partial charge in [0.1, 0.15) is 5.75 Å². The first-order valence-corrected chi connectivity index (χ1v) is 15.7. The fourth-order valence-electron chi connectivity index (χ4n) is 5.60. The molecule has 1 amide bonds. The third kappa shape index (κ3) is 6.93. The number of hydrogen-bond donors (Lipinski definition) is 3. The van der Waals surface area contributed by atoms with Crippen molar-refractivity contribution in [1.82, 2.24) is 10.9 Å². The van der Waals surface area contributed by atoms with E-state index in [0.29, 0.717) is 37.6 Å². The summed E-state index contributed by atoms with van der Waals surface area (Å²) < 4.78 is 13.3. The Kier molecular flexibility index (Phi) is 9.55. The van der Waals surface area contributed by atoms with Crippen LogP contribution in [-0.2, 0) is 22.5 Å². The largest absolute Gasteiger partial charge is 0.494 e. The fraction of sp³-hybridized carbons (Fsp3) is 0.189. The molecular formula is C37H34BrN3O4. The van der Waals surface area contributed by atoms with Gasteiger partial charge >= 0.3 is 0 Å². The highest BCUT2D eigenvalue weighted by Gasteiger charge is 2.53. The van der Waals surface area contributed by atoms with E-state index in [1.54, 1.807) is 0 Å². The summed E-state index contributed by atoms with van der Waals surface area (Å²) in [5, 5.41) is 11.3. The Labute approximate surface area is 271 Å². The number of benzene rings is 5. The van der Waals surface area contributed by atoms with Gasteiger partial charge in [-0.15, -0.1) is 0 Å². The summed E-state index contributed by atoms with van der Waals surface area (Å²) in [4.78, 5) is 19.5. The molecule has 3 N–H and O–H groups in total. The van der Waals surface area contributed by atoms with Gasteiger partial charge in [0, 0.05) is 36.0 Å². The monoisotopic (exact) mass is 663 g/mol. The normalized spacial score (nSPS) is 17.5. The van der Waals surface area contributed by atoms with E-state index in [9.17, 15) is 4.79 Å². The van der Waals surface area contributed by atoms with Crippen LogP contribution in [0.4, 0.5) is 0 Å². The van der Waals surface area contributed by atoms with Crippen molar-refractivity contribution in [2.45, 2.75) is 31.0 Å². The summed E-state index contributed by atoms with van der Waals surface area (Å²) in [6, 6.07) is 39.5. The standard InChI is InChI=1S/C37H34BrN3O4/c38-31-18-14-28(15-19-31)34-37(24-26-8-2-1-3-9-26,40-35(45-34)29-16-20-32(21-17-29)44-23-7-22-42)36(43)41-39-25-30-12-6-11-27-10-4-5-13-33(27)30/h1-6,8-21,34,39,42H,7,22-25H2,(H,41,43)/t34-,37-/m0/s1. The smallest absolute Gasteiger partial charge is 0.266 e. The van der Waals surface area contributed by atoms with Crippen molar-refractivity contribution in [2.24, 2.45) is 4.99 Å². The third-order valence-corrected chi connectivity index (χ3v) is 8.41. The molecule has 0 unspecified atom stereocenters. The minimum absolute atomic E-state index is 0.0720. The second kappa shape index (κ2) is 14.1. The Morgan fingerprint density at radius 2 is 1.62 bits per heavy atom. The summed E-state index contributed by atoms with van der Waals surface area (Å²) >= 11 is 3.53. The highest BCUT2D eigenvalue weighted by atomic mass is 79.9. The number of hydrazine groups is 1. The molecule has 0 bridgehead atoms. The molecule has 0 aromatic heterocycles. The quantitative estimate of drug-likeness (QED) is 0.102. The van der Waals surface area contributed by atoms with Gasteiger partial charge in [-0.25, -0.2) is 10.4 Å². The van der Waals surface area contributed by atoms with Crippen LogP contribution in [-0.4, -0.2) is 35.7 Å². The Balaban J connectivity index is 1.34. The Hall–Kier alpha value is -4.50. The zero-order valence-electron chi connectivity index (χ0n) is 24.7. The van der Waals surface area contributed by atoms with Gasteiger partial charge in [0.2, 0.25) is 5.90 Å². The summed E-state index contributed by atoms with van der Waals surface area (Å²) in [5.74, 6) is 0.768. The number of carbonyl (C=O) groups excluding carboxylic acids is 1. The Bertz CT molecular complexity index is 1770. The van der Waals surface area contributed by atoms with Crippen LogP contribution in [0.25, 0.3) is 10.8 Å². The number of amides is 1. The van der Waals surface area contributed by atoms with E-state index in [4.69, 9.17) is 19.6 Å². The van der Waals surface area contributed by atoms with Gasteiger partial charge < -0.3 is 14.6 Å². The van der Waals surface area contributed by atoms with Gasteiger partial charge in [-0.05, 0) is 63.9 Å². The second-order valence-corrected chi connectivity index (χ2v) is 11.9. The van der Waals surface area contributed by atoms with Crippen molar-refractivity contribution in [3.05, 3.63) is 148 Å². The van der Waals surface area contributed by atoms with Crippen LogP contribution in [0.5, 0.6) is 5.75 Å². The van der Waals surface area contributed by atoms with Crippen LogP contribution in [0.2, 0.25) is 0 Å². The van der Waals surface area contributed by atoms with E-state index in [1.165, 1.54) is 0 Å². The number of fused-ring (bicyclic) bond motifs is 1. The molecule has 228 valence electrons. The number of aliphatic imine (C=N–C) groups is 1. The molecule has 1 aliphatic rings. The van der Waals surface area contributed by atoms with Crippen LogP contribution >= 0.6 is 15.9 Å². The van der Waals surface area contributed by atoms with Crippen molar-refractivity contribution in [2.75, 3.05) is 13.2 Å². The lowest BCUT2D eigenvalue weighted by Crippen LogP contribution is -2.53. The summed E-state index contributed by atoms with van der Waals surface area (Å²) in [5.41, 5.74) is 8.47. The predicted octanol–water partition coefficient (Wildman–Crippen LogP) is 6.68. The van der Waals surface area contributed by atoms with Crippen LogP contribution in [0.1, 0.15) is 34.8 Å². The van der Waals surface area contributed by atoms with Gasteiger partial charge in [0.15, 0.2) is 11.6 Å². The van der Waals surface area contributed by atoms with E-state index in [2.05, 4.69) is 51.0 Å². The number of nitrogens with zero attached hydrogens (tertiary/aromatic N) is 1. The van der Waals surface area contributed by atoms with Crippen molar-refractivity contribution in [3.8, 4) is 5.75 Å². The fourth-order valence-corrected chi connectivity index (χ4v) is 5.87. The zero-order chi connectivity index (χ0) is 31.1. The van der Waals surface area contributed by atoms with Crippen LogP contribution in [0, 0.1) is 0 Å². The molecule has 0 fully saturated rings. The van der Waals surface area contributed by atoms with Crippen LogP contribution < -0.4 is 15.6 Å². The average Bonchev–Trinajstić information content (AvgIpc) is 3.46. The van der Waals surface area contributed by atoms with Crippen molar-refractivity contribution in [1.29, 1.82) is 0 Å². The molecule has 5 aromatic rings. The number of carbonyl (C=O) groups is 1. The maximum Gasteiger partial charge on any atom is 0.266 e. The molecule has 0 saturated heterocycles. The molecule has 8 heteroatoms. The second-order valence-electron chi connectivity index (χ2n) is 10.9. The molecule has 1 aliphatic heterocycles. The van der Waals surface area contributed by atoms with E-state index < -0.39 is 11.6 Å². The maximum absolute atomic E-state index is 14.4. The average molecular weight is 665 g/mol. The minimum atomic E-state index is -1.31. The van der Waals surface area contributed by atoms with Gasteiger partial charge in [-0.2, -0.15) is 0 Å². The minimum Gasteiger partial charge on any atom is -0.494 e. The number of nitrogens with one attached hydrogen (secondary N) is 2. The molecular weight excluding hydrogens is 630 g/mol. The van der Waals surface area contributed by atoms with E-state index in [1.807, 2.05) is 97.1 Å². The lowest BCUT2D eigenvalue weighted by atomic mass is 9.82. The molecule has 0 radical (unpaired) electrons. The lowest BCUT2D eigenvalue weighted by Gasteiger charge is -2.31. The zero-order valence-corrected chi connectivity index (χ0v) is 26.2. The number of rotatable bonds is 12. The molecule has 6 rings (SSSR count). The van der Waals surface area contributed by atoms with Gasteiger partial charge in [0.05, 0.1) is 6.61 Å². The van der Waals surface area contributed by atoms with Gasteiger partial charge in [-0.3, -0.25) is 10.2 Å². The molecule has 5 aromatic carbocycles. The topological polar surface area (TPSA) is 92.2 Å². The number of halogens is 1. The first-order valence-electron chi connectivity index (χ1n) is 15.0. The van der Waals surface area contributed by atoms with E-state index in [0.717, 1.165) is 37.5 Å². The molecule has 1 heterocycles. The lowest BCUT2D eigenvalue weighted by molar-refractivity contribution is -0.130. The highest BCUT2D eigenvalue weighted by Crippen LogP contribution is 2.42. The Morgan fingerprint density at radius 1 is 0.889 bits per heavy atom. The third-order valence-electron chi connectivity index (χ3n) is 7.88. The summed E-state index contributed by atoms with van der Waals surface area (Å²) in [6.45, 7) is 0.931. The van der Waals surface area contributed by atoms with Crippen LogP contribution in [0.15, 0.2) is 131 Å². The molecule has 45 heavy (non-hydrogen) atoms. The molecule has 7 nitrogen and oxygen atoms in total. The van der Waals surface area contributed by atoms with Crippen molar-refractivity contribution < 1.29 is 19.4 Å². The summed E-state index contributed by atoms with van der Waals surface area (Å²) in [7, 11) is 0. The van der Waals surface area contributed by atoms with E-state index in [-0.39, 0.29) is 12.5 Å². The van der Waals surface area contributed by atoms with Crippen molar-refractivity contribution in [3.63, 3.8) is 0 Å². The van der Waals surface area contributed by atoms with E-state index >= 15 is 0 Å². The number of aliphatic hydroxyl groups is 1.